The van der Waals surface area contributed by atoms with Crippen LogP contribution in [0, 0.1) is 0 Å². The molecule has 1 heterocycles. The van der Waals surface area contributed by atoms with Gasteiger partial charge in [-0.15, -0.1) is 0 Å². The number of aryl methyl sites for hydroxylation is 3. The second-order valence-electron chi connectivity index (χ2n) is 7.77. The number of hydrogen-bond acceptors (Lipinski definition) is 3. The number of fused-ring (bicyclic) bond motifs is 1. The molecule has 3 aromatic carbocycles. The van der Waals surface area contributed by atoms with E-state index in [1.165, 1.54) is 11.1 Å². The molecule has 1 aromatic heterocycles. The van der Waals surface area contributed by atoms with E-state index in [1.54, 1.807) is 7.11 Å². The highest BCUT2D eigenvalue weighted by Crippen LogP contribution is 2.29. The first-order valence-electron chi connectivity index (χ1n) is 11.2. The van der Waals surface area contributed by atoms with Crippen LogP contribution in [0.3, 0.4) is 0 Å². The maximum Gasteiger partial charge on any atom is 0.161 e. The van der Waals surface area contributed by atoms with Gasteiger partial charge >= 0.3 is 0 Å². The average Bonchev–Trinajstić information content (AvgIpc) is 3.19. The molecule has 4 rings (SSSR count). The summed E-state index contributed by atoms with van der Waals surface area (Å²) < 4.78 is 13.9. The number of nitrogens with zero attached hydrogens (tertiary/aromatic N) is 2. The van der Waals surface area contributed by atoms with Crippen LogP contribution in [0.15, 0.2) is 78.9 Å². The van der Waals surface area contributed by atoms with Gasteiger partial charge in [0.2, 0.25) is 0 Å². The van der Waals surface area contributed by atoms with Crippen LogP contribution in [-0.2, 0) is 19.4 Å². The molecule has 0 aliphatic rings. The molecule has 0 spiro atoms. The molecule has 0 aliphatic carbocycles. The Morgan fingerprint density at radius 3 is 2.53 bits per heavy atom. The summed E-state index contributed by atoms with van der Waals surface area (Å²) in [6.07, 6.45) is 6.85. The number of ether oxygens (including phenoxy) is 2. The molecule has 0 N–H and O–H groups in total. The predicted octanol–water partition coefficient (Wildman–Crippen LogP) is 6.33. The van der Waals surface area contributed by atoms with E-state index in [4.69, 9.17) is 14.5 Å². The summed E-state index contributed by atoms with van der Waals surface area (Å²) in [5.74, 6) is 2.67. The van der Waals surface area contributed by atoms with Crippen LogP contribution >= 0.6 is 0 Å². The lowest BCUT2D eigenvalue weighted by molar-refractivity contribution is 0.282. The van der Waals surface area contributed by atoms with Crippen LogP contribution in [0.5, 0.6) is 11.5 Å². The molecular weight excluding hydrogens is 396 g/mol. The van der Waals surface area contributed by atoms with Gasteiger partial charge in [-0.2, -0.15) is 0 Å². The lowest BCUT2D eigenvalue weighted by Gasteiger charge is -2.13. The van der Waals surface area contributed by atoms with Gasteiger partial charge in [-0.3, -0.25) is 0 Å². The first-order chi connectivity index (χ1) is 15.8. The topological polar surface area (TPSA) is 36.3 Å². The molecular formula is C28H30N2O2. The Morgan fingerprint density at radius 2 is 1.72 bits per heavy atom. The lowest BCUT2D eigenvalue weighted by atomic mass is 10.1. The Labute approximate surface area is 190 Å². The van der Waals surface area contributed by atoms with Gasteiger partial charge in [0.05, 0.1) is 24.8 Å². The quantitative estimate of drug-likeness (QED) is 0.278. The third kappa shape index (κ3) is 5.20. The van der Waals surface area contributed by atoms with E-state index in [1.807, 2.05) is 43.3 Å². The van der Waals surface area contributed by atoms with E-state index in [0.29, 0.717) is 6.61 Å². The van der Waals surface area contributed by atoms with E-state index in [-0.39, 0.29) is 0 Å². The van der Waals surface area contributed by atoms with Gasteiger partial charge in [-0.05, 0) is 55.2 Å². The molecule has 0 bridgehead atoms. The molecule has 0 unspecified atom stereocenters. The molecule has 0 amide bonds. The maximum atomic E-state index is 6.06. The summed E-state index contributed by atoms with van der Waals surface area (Å²) >= 11 is 0. The van der Waals surface area contributed by atoms with Gasteiger partial charge in [-0.25, -0.2) is 4.98 Å². The minimum absolute atomic E-state index is 0.615. The van der Waals surface area contributed by atoms with E-state index in [2.05, 4.69) is 53.1 Å². The third-order valence-electron chi connectivity index (χ3n) is 5.54. The van der Waals surface area contributed by atoms with E-state index in [9.17, 15) is 0 Å². The Hall–Kier alpha value is -3.53. The van der Waals surface area contributed by atoms with E-state index < -0.39 is 0 Å². The molecule has 0 atom stereocenters. The minimum atomic E-state index is 0.615. The van der Waals surface area contributed by atoms with Crippen molar-refractivity contribution < 1.29 is 9.47 Å². The zero-order valence-corrected chi connectivity index (χ0v) is 18.8. The Balaban J connectivity index is 1.42. The Morgan fingerprint density at radius 1 is 0.906 bits per heavy atom. The van der Waals surface area contributed by atoms with Crippen LogP contribution in [0.1, 0.15) is 30.3 Å². The van der Waals surface area contributed by atoms with Crippen LogP contribution < -0.4 is 9.47 Å². The molecule has 0 radical (unpaired) electrons. The first kappa shape index (κ1) is 21.7. The fourth-order valence-corrected chi connectivity index (χ4v) is 3.97. The number of rotatable bonds is 10. The highest BCUT2D eigenvalue weighted by molar-refractivity contribution is 5.75. The summed E-state index contributed by atoms with van der Waals surface area (Å²) in [5, 5.41) is 0. The van der Waals surface area contributed by atoms with Crippen molar-refractivity contribution in [2.24, 2.45) is 0 Å². The van der Waals surface area contributed by atoms with Crippen molar-refractivity contribution >= 4 is 17.1 Å². The van der Waals surface area contributed by atoms with Crippen molar-refractivity contribution in [3.63, 3.8) is 0 Å². The summed E-state index contributed by atoms with van der Waals surface area (Å²) in [6.45, 7) is 3.48. The number of para-hydroxylation sites is 2. The van der Waals surface area contributed by atoms with Gasteiger partial charge in [0, 0.05) is 13.0 Å². The van der Waals surface area contributed by atoms with Crippen molar-refractivity contribution in [3.05, 3.63) is 95.8 Å². The lowest BCUT2D eigenvalue weighted by Crippen LogP contribution is -2.09. The monoisotopic (exact) mass is 426 g/mol. The van der Waals surface area contributed by atoms with Crippen molar-refractivity contribution in [2.75, 3.05) is 13.7 Å². The third-order valence-corrected chi connectivity index (χ3v) is 5.54. The Kier molecular flexibility index (Phi) is 7.23. The second kappa shape index (κ2) is 10.7. The van der Waals surface area contributed by atoms with Gasteiger partial charge < -0.3 is 14.0 Å². The number of benzene rings is 3. The number of hydrogen-bond donors (Lipinski definition) is 0. The highest BCUT2D eigenvalue weighted by atomic mass is 16.5. The zero-order valence-electron chi connectivity index (χ0n) is 18.8. The zero-order chi connectivity index (χ0) is 22.2. The van der Waals surface area contributed by atoms with Gasteiger partial charge in [0.1, 0.15) is 5.82 Å². The number of allylic oxidation sites excluding steroid dienone is 1. The maximum absolute atomic E-state index is 6.06. The number of aromatic nitrogens is 2. The molecule has 0 saturated carbocycles. The molecule has 4 nitrogen and oxygen atoms in total. The number of methoxy groups -OCH3 is 1. The SMILES string of the molecule is C/C=C/c1ccc(OCCCn2c(CCc3ccccc3)nc3ccccc32)c(OC)c1. The molecule has 0 fully saturated rings. The standard InChI is InChI=1S/C28H30N2O2/c1-3-10-23-15-17-26(27(21-23)31-2)32-20-9-19-30-25-14-8-7-13-24(25)29-28(30)18-16-22-11-5-4-6-12-22/h3-8,10-15,17,21H,9,16,18-20H2,1-2H3/b10-3+. The van der Waals surface area contributed by atoms with Crippen molar-refractivity contribution in [3.8, 4) is 11.5 Å². The normalized spacial score (nSPS) is 11.3. The van der Waals surface area contributed by atoms with Crippen LogP contribution in [0.4, 0.5) is 0 Å². The number of imidazole rings is 1. The van der Waals surface area contributed by atoms with Gasteiger partial charge in [0.25, 0.3) is 0 Å². The largest absolute Gasteiger partial charge is 0.493 e. The van der Waals surface area contributed by atoms with Gasteiger partial charge in [0.15, 0.2) is 11.5 Å². The molecule has 4 heteroatoms. The molecule has 4 aromatic rings. The van der Waals surface area contributed by atoms with Crippen LogP contribution in [0.2, 0.25) is 0 Å². The molecule has 0 aliphatic heterocycles. The predicted molar refractivity (Wildman–Crippen MR) is 131 cm³/mol. The van der Waals surface area contributed by atoms with Crippen LogP contribution in [0.25, 0.3) is 17.1 Å². The summed E-state index contributed by atoms with van der Waals surface area (Å²) in [6, 6.07) is 25.0. The first-order valence-corrected chi connectivity index (χ1v) is 11.2. The minimum Gasteiger partial charge on any atom is -0.493 e. The van der Waals surface area contributed by atoms with E-state index >= 15 is 0 Å². The molecule has 164 valence electrons. The summed E-state index contributed by atoms with van der Waals surface area (Å²) in [4.78, 5) is 4.91. The smallest absolute Gasteiger partial charge is 0.161 e. The Bertz CT molecular complexity index is 1180. The molecule has 0 saturated heterocycles. The highest BCUT2D eigenvalue weighted by Gasteiger charge is 2.11. The van der Waals surface area contributed by atoms with Crippen LogP contribution in [-0.4, -0.2) is 23.3 Å². The van der Waals surface area contributed by atoms with Gasteiger partial charge in [-0.1, -0.05) is 60.7 Å². The van der Waals surface area contributed by atoms with E-state index in [0.717, 1.165) is 54.2 Å². The van der Waals surface area contributed by atoms with Crippen molar-refractivity contribution in [1.29, 1.82) is 0 Å². The van der Waals surface area contributed by atoms with Crippen molar-refractivity contribution in [1.82, 2.24) is 9.55 Å². The average molecular weight is 427 g/mol. The fourth-order valence-electron chi connectivity index (χ4n) is 3.97. The molecule has 32 heavy (non-hydrogen) atoms. The fraction of sp³-hybridized carbons (Fsp3) is 0.250. The second-order valence-corrected chi connectivity index (χ2v) is 7.77. The summed E-state index contributed by atoms with van der Waals surface area (Å²) in [5.41, 5.74) is 4.68. The van der Waals surface area contributed by atoms with Crippen molar-refractivity contribution in [2.45, 2.75) is 32.7 Å². The summed E-state index contributed by atoms with van der Waals surface area (Å²) in [7, 11) is 1.68.